The minimum Gasteiger partial charge on any atom is -0.343 e. The van der Waals surface area contributed by atoms with Crippen molar-refractivity contribution < 1.29 is 9.59 Å². The standard InChI is InChI=1S/C19H24N4O2/c1-13(2)17(14-8-6-5-7-9-14)22-19(25)21-15-10-11-20-16(12-15)18(24)23(3)4/h5-13,17H,1-4H3,(H2,20,21,22,25)/t17-/m0/s1. The highest BCUT2D eigenvalue weighted by Crippen LogP contribution is 2.21. The molecule has 1 aromatic heterocycles. The summed E-state index contributed by atoms with van der Waals surface area (Å²) in [6, 6.07) is 12.6. The van der Waals surface area contributed by atoms with Gasteiger partial charge in [0.2, 0.25) is 0 Å². The van der Waals surface area contributed by atoms with Crippen molar-refractivity contribution in [2.45, 2.75) is 19.9 Å². The molecular formula is C19H24N4O2. The fourth-order valence-electron chi connectivity index (χ4n) is 2.46. The number of nitrogens with zero attached hydrogens (tertiary/aromatic N) is 2. The first-order valence-corrected chi connectivity index (χ1v) is 8.18. The number of amides is 3. The van der Waals surface area contributed by atoms with E-state index in [1.165, 1.54) is 11.1 Å². The van der Waals surface area contributed by atoms with Crippen LogP contribution in [-0.2, 0) is 0 Å². The lowest BCUT2D eigenvalue weighted by Crippen LogP contribution is -2.35. The summed E-state index contributed by atoms with van der Waals surface area (Å²) in [4.78, 5) is 29.8. The Hall–Kier alpha value is -2.89. The number of rotatable bonds is 5. The SMILES string of the molecule is CC(C)[C@H](NC(=O)Nc1ccnc(C(=O)N(C)C)c1)c1ccccc1. The molecular weight excluding hydrogens is 316 g/mol. The van der Waals surface area contributed by atoms with E-state index in [1.807, 2.05) is 30.3 Å². The van der Waals surface area contributed by atoms with Gasteiger partial charge in [0.25, 0.3) is 5.91 Å². The molecule has 132 valence electrons. The van der Waals surface area contributed by atoms with Gasteiger partial charge in [0.15, 0.2) is 0 Å². The van der Waals surface area contributed by atoms with Crippen molar-refractivity contribution in [3.8, 4) is 0 Å². The van der Waals surface area contributed by atoms with Gasteiger partial charge < -0.3 is 15.5 Å². The minimum absolute atomic E-state index is 0.106. The third-order valence-electron chi connectivity index (χ3n) is 3.76. The Labute approximate surface area is 148 Å². The number of pyridine rings is 1. The highest BCUT2D eigenvalue weighted by molar-refractivity contribution is 5.95. The maximum absolute atomic E-state index is 12.4. The van der Waals surface area contributed by atoms with E-state index >= 15 is 0 Å². The first-order chi connectivity index (χ1) is 11.9. The quantitative estimate of drug-likeness (QED) is 0.877. The molecule has 0 aliphatic rings. The monoisotopic (exact) mass is 340 g/mol. The van der Waals surface area contributed by atoms with Gasteiger partial charge in [-0.1, -0.05) is 44.2 Å². The van der Waals surface area contributed by atoms with Gasteiger partial charge in [0.1, 0.15) is 5.69 Å². The molecule has 25 heavy (non-hydrogen) atoms. The Kier molecular flexibility index (Phi) is 6.11. The second kappa shape index (κ2) is 8.28. The zero-order chi connectivity index (χ0) is 18.4. The number of hydrogen-bond acceptors (Lipinski definition) is 3. The molecule has 6 heteroatoms. The van der Waals surface area contributed by atoms with Crippen molar-refractivity contribution in [2.75, 3.05) is 19.4 Å². The predicted molar refractivity (Wildman–Crippen MR) is 98.4 cm³/mol. The molecule has 0 bridgehead atoms. The van der Waals surface area contributed by atoms with Crippen LogP contribution in [0.3, 0.4) is 0 Å². The zero-order valence-electron chi connectivity index (χ0n) is 15.0. The largest absolute Gasteiger partial charge is 0.343 e. The van der Waals surface area contributed by atoms with E-state index in [9.17, 15) is 9.59 Å². The van der Waals surface area contributed by atoms with Crippen molar-refractivity contribution in [1.29, 1.82) is 0 Å². The summed E-state index contributed by atoms with van der Waals surface area (Å²) in [7, 11) is 3.31. The Morgan fingerprint density at radius 1 is 1.08 bits per heavy atom. The van der Waals surface area contributed by atoms with Gasteiger partial charge in [-0.15, -0.1) is 0 Å². The lowest BCUT2D eigenvalue weighted by Gasteiger charge is -2.23. The molecule has 0 spiro atoms. The topological polar surface area (TPSA) is 74.3 Å². The van der Waals surface area contributed by atoms with Crippen LogP contribution < -0.4 is 10.6 Å². The van der Waals surface area contributed by atoms with Gasteiger partial charge in [0, 0.05) is 26.0 Å². The van der Waals surface area contributed by atoms with Crippen molar-refractivity contribution in [3.63, 3.8) is 0 Å². The van der Waals surface area contributed by atoms with Gasteiger partial charge >= 0.3 is 6.03 Å². The molecule has 0 aliphatic heterocycles. The fraction of sp³-hybridized carbons (Fsp3) is 0.316. The molecule has 1 aromatic carbocycles. The summed E-state index contributed by atoms with van der Waals surface area (Å²) in [5, 5.41) is 5.76. The number of urea groups is 1. The van der Waals surface area contributed by atoms with Crippen LogP contribution in [0, 0.1) is 5.92 Å². The second-order valence-corrected chi connectivity index (χ2v) is 6.36. The minimum atomic E-state index is -0.322. The van der Waals surface area contributed by atoms with Crippen molar-refractivity contribution in [1.82, 2.24) is 15.2 Å². The van der Waals surface area contributed by atoms with Gasteiger partial charge in [0.05, 0.1) is 6.04 Å². The lowest BCUT2D eigenvalue weighted by molar-refractivity contribution is 0.0822. The Morgan fingerprint density at radius 2 is 1.76 bits per heavy atom. The molecule has 0 unspecified atom stereocenters. The number of benzene rings is 1. The van der Waals surface area contributed by atoms with Crippen LogP contribution in [0.15, 0.2) is 48.7 Å². The molecule has 6 nitrogen and oxygen atoms in total. The number of aromatic nitrogens is 1. The van der Waals surface area contributed by atoms with Crippen molar-refractivity contribution >= 4 is 17.6 Å². The smallest absolute Gasteiger partial charge is 0.319 e. The zero-order valence-corrected chi connectivity index (χ0v) is 15.0. The van der Waals surface area contributed by atoms with Crippen LogP contribution in [-0.4, -0.2) is 35.9 Å². The number of carbonyl (C=O) groups is 2. The van der Waals surface area contributed by atoms with Gasteiger partial charge in [-0.05, 0) is 23.6 Å². The van der Waals surface area contributed by atoms with Crippen LogP contribution in [0.1, 0.15) is 35.9 Å². The normalized spacial score (nSPS) is 11.7. The van der Waals surface area contributed by atoms with Crippen LogP contribution in [0.5, 0.6) is 0 Å². The maximum atomic E-state index is 12.4. The maximum Gasteiger partial charge on any atom is 0.319 e. The highest BCUT2D eigenvalue weighted by atomic mass is 16.2. The lowest BCUT2D eigenvalue weighted by atomic mass is 9.96. The molecule has 3 amide bonds. The summed E-state index contributed by atoms with van der Waals surface area (Å²) >= 11 is 0. The third kappa shape index (κ3) is 5.04. The van der Waals surface area contributed by atoms with Crippen LogP contribution in [0.2, 0.25) is 0 Å². The molecule has 0 radical (unpaired) electrons. The summed E-state index contributed by atoms with van der Waals surface area (Å²) in [6.45, 7) is 4.11. The van der Waals surface area contributed by atoms with Crippen LogP contribution in [0.25, 0.3) is 0 Å². The van der Waals surface area contributed by atoms with Crippen LogP contribution in [0.4, 0.5) is 10.5 Å². The van der Waals surface area contributed by atoms with Crippen LogP contribution >= 0.6 is 0 Å². The second-order valence-electron chi connectivity index (χ2n) is 6.36. The van der Waals surface area contributed by atoms with Crippen molar-refractivity contribution in [3.05, 3.63) is 59.9 Å². The van der Waals surface area contributed by atoms with Gasteiger partial charge in [-0.3, -0.25) is 9.78 Å². The molecule has 0 saturated carbocycles. The number of carbonyl (C=O) groups excluding carboxylic acids is 2. The average Bonchev–Trinajstić information content (AvgIpc) is 2.59. The van der Waals surface area contributed by atoms with E-state index in [2.05, 4.69) is 29.5 Å². The van der Waals surface area contributed by atoms with E-state index in [1.54, 1.807) is 26.2 Å². The van der Waals surface area contributed by atoms with Crippen molar-refractivity contribution in [2.24, 2.45) is 5.92 Å². The average molecular weight is 340 g/mol. The van der Waals surface area contributed by atoms with E-state index in [-0.39, 0.29) is 29.6 Å². The Balaban J connectivity index is 2.09. The van der Waals surface area contributed by atoms with E-state index in [4.69, 9.17) is 0 Å². The molecule has 0 saturated heterocycles. The van der Waals surface area contributed by atoms with E-state index in [0.717, 1.165) is 5.56 Å². The summed E-state index contributed by atoms with van der Waals surface area (Å²) in [6.07, 6.45) is 1.50. The molecule has 0 aliphatic carbocycles. The Bertz CT molecular complexity index is 729. The molecule has 2 rings (SSSR count). The molecule has 2 N–H and O–H groups in total. The number of anilines is 1. The van der Waals surface area contributed by atoms with E-state index in [0.29, 0.717) is 5.69 Å². The first-order valence-electron chi connectivity index (χ1n) is 8.18. The molecule has 1 atom stereocenters. The molecule has 1 heterocycles. The van der Waals surface area contributed by atoms with Gasteiger partial charge in [-0.25, -0.2) is 4.79 Å². The number of hydrogen-bond donors (Lipinski definition) is 2. The van der Waals surface area contributed by atoms with Gasteiger partial charge in [-0.2, -0.15) is 0 Å². The summed E-state index contributed by atoms with van der Waals surface area (Å²) in [5.74, 6) is 0.0184. The first kappa shape index (κ1) is 18.4. The fourth-order valence-corrected chi connectivity index (χ4v) is 2.46. The molecule has 0 fully saturated rings. The third-order valence-corrected chi connectivity index (χ3v) is 3.76. The van der Waals surface area contributed by atoms with E-state index < -0.39 is 0 Å². The highest BCUT2D eigenvalue weighted by Gasteiger charge is 2.18. The summed E-state index contributed by atoms with van der Waals surface area (Å²) < 4.78 is 0. The predicted octanol–water partition coefficient (Wildman–Crippen LogP) is 3.30. The Morgan fingerprint density at radius 3 is 2.36 bits per heavy atom. The summed E-state index contributed by atoms with van der Waals surface area (Å²) in [5.41, 5.74) is 1.85. The number of nitrogens with one attached hydrogen (secondary N) is 2. The molecule has 2 aromatic rings.